The van der Waals surface area contributed by atoms with Crippen molar-refractivity contribution in [3.8, 4) is 5.75 Å². The summed E-state index contributed by atoms with van der Waals surface area (Å²) in [6.07, 6.45) is 1.27. The van der Waals surface area contributed by atoms with Crippen LogP contribution in [-0.2, 0) is 10.0 Å². The van der Waals surface area contributed by atoms with E-state index in [9.17, 15) is 23.1 Å². The number of amides is 2. The second-order valence-corrected chi connectivity index (χ2v) is 8.15. The first-order chi connectivity index (χ1) is 12.2. The van der Waals surface area contributed by atoms with E-state index in [1.165, 1.54) is 28.4 Å². The van der Waals surface area contributed by atoms with E-state index >= 15 is 0 Å². The molecule has 0 saturated carbocycles. The van der Waals surface area contributed by atoms with Crippen LogP contribution in [0.15, 0.2) is 23.1 Å². The quantitative estimate of drug-likeness (QED) is 0.775. The molecule has 0 bridgehead atoms. The lowest BCUT2D eigenvalue weighted by Gasteiger charge is -2.33. The van der Waals surface area contributed by atoms with E-state index in [1.54, 1.807) is 14.1 Å². The molecule has 2 amide bonds. The Labute approximate surface area is 152 Å². The number of sulfonamides is 1. The highest BCUT2D eigenvalue weighted by molar-refractivity contribution is 7.89. The van der Waals surface area contributed by atoms with Crippen LogP contribution in [0.4, 0.5) is 4.79 Å². The van der Waals surface area contributed by atoms with Gasteiger partial charge in [-0.05, 0) is 31.0 Å². The number of carbonyl (C=O) groups excluding carboxylic acids is 1. The second kappa shape index (κ2) is 7.92. The van der Waals surface area contributed by atoms with Crippen LogP contribution in [0.3, 0.4) is 0 Å². The van der Waals surface area contributed by atoms with Gasteiger partial charge in [0.15, 0.2) is 0 Å². The minimum absolute atomic E-state index is 0.0891. The van der Waals surface area contributed by atoms with Crippen molar-refractivity contribution in [2.24, 2.45) is 0 Å². The Bertz CT molecular complexity index is 793. The Morgan fingerprint density at radius 2 is 2.04 bits per heavy atom. The third-order valence-electron chi connectivity index (χ3n) is 4.16. The van der Waals surface area contributed by atoms with E-state index in [2.05, 4.69) is 5.32 Å². The number of carboxylic acids is 1. The third kappa shape index (κ3) is 4.25. The van der Waals surface area contributed by atoms with Crippen molar-refractivity contribution in [3.63, 3.8) is 0 Å². The van der Waals surface area contributed by atoms with Crippen molar-refractivity contribution in [2.75, 3.05) is 34.3 Å². The standard InChI is InChI=1S/C16H23N3O6S/c1-18(2)16(22)17-11-5-4-8-19(10-11)26(23,24)12-6-7-14(25-3)13(9-12)15(20)21/h6-7,9,11H,4-5,8,10H2,1-3H3,(H,17,22)(H,20,21). The predicted octanol–water partition coefficient (Wildman–Crippen LogP) is 0.818. The van der Waals surface area contributed by atoms with E-state index in [4.69, 9.17) is 4.74 Å². The summed E-state index contributed by atoms with van der Waals surface area (Å²) >= 11 is 0. The highest BCUT2D eigenvalue weighted by atomic mass is 32.2. The molecule has 9 nitrogen and oxygen atoms in total. The first kappa shape index (κ1) is 20.0. The number of nitrogens with one attached hydrogen (secondary N) is 1. The van der Waals surface area contributed by atoms with Gasteiger partial charge in [-0.2, -0.15) is 4.31 Å². The number of ether oxygens (including phenoxy) is 1. The molecule has 1 atom stereocenters. The molecule has 2 rings (SSSR count). The Hall–Kier alpha value is -2.33. The zero-order valence-corrected chi connectivity index (χ0v) is 15.7. The van der Waals surface area contributed by atoms with Gasteiger partial charge in [-0.3, -0.25) is 0 Å². The van der Waals surface area contributed by atoms with Crippen molar-refractivity contribution >= 4 is 22.0 Å². The first-order valence-corrected chi connectivity index (χ1v) is 9.50. The molecule has 0 radical (unpaired) electrons. The van der Waals surface area contributed by atoms with Crippen LogP contribution in [0.1, 0.15) is 23.2 Å². The molecule has 1 heterocycles. The average Bonchev–Trinajstić information content (AvgIpc) is 2.61. The zero-order valence-electron chi connectivity index (χ0n) is 14.9. The van der Waals surface area contributed by atoms with Gasteiger partial charge in [-0.1, -0.05) is 0 Å². The molecular weight excluding hydrogens is 362 g/mol. The summed E-state index contributed by atoms with van der Waals surface area (Å²) in [6.45, 7) is 0.446. The number of nitrogens with zero attached hydrogens (tertiary/aromatic N) is 2. The van der Waals surface area contributed by atoms with Crippen LogP contribution in [-0.4, -0.2) is 75.1 Å². The van der Waals surface area contributed by atoms with E-state index < -0.39 is 16.0 Å². The molecule has 1 aromatic rings. The molecule has 0 aliphatic carbocycles. The van der Waals surface area contributed by atoms with Crippen molar-refractivity contribution in [3.05, 3.63) is 23.8 Å². The van der Waals surface area contributed by atoms with Gasteiger partial charge in [-0.25, -0.2) is 18.0 Å². The van der Waals surface area contributed by atoms with Gasteiger partial charge in [0.1, 0.15) is 11.3 Å². The average molecular weight is 385 g/mol. The molecule has 1 aromatic carbocycles. The lowest BCUT2D eigenvalue weighted by Crippen LogP contribution is -2.51. The second-order valence-electron chi connectivity index (χ2n) is 6.21. The molecule has 2 N–H and O–H groups in total. The minimum atomic E-state index is -3.88. The van der Waals surface area contributed by atoms with Gasteiger partial charge in [0.2, 0.25) is 10.0 Å². The highest BCUT2D eigenvalue weighted by Crippen LogP contribution is 2.26. The lowest BCUT2D eigenvalue weighted by atomic mass is 10.1. The third-order valence-corrected chi connectivity index (χ3v) is 6.02. The number of hydrogen-bond donors (Lipinski definition) is 2. The number of piperidine rings is 1. The normalized spacial score (nSPS) is 18.2. The maximum absolute atomic E-state index is 12.9. The van der Waals surface area contributed by atoms with Crippen LogP contribution < -0.4 is 10.1 Å². The molecule has 1 unspecified atom stereocenters. The smallest absolute Gasteiger partial charge is 0.339 e. The summed E-state index contributed by atoms with van der Waals surface area (Å²) in [5.41, 5.74) is -0.219. The summed E-state index contributed by atoms with van der Waals surface area (Å²) in [6, 6.07) is 3.16. The summed E-state index contributed by atoms with van der Waals surface area (Å²) in [5, 5.41) is 12.0. The van der Waals surface area contributed by atoms with E-state index in [0.717, 1.165) is 6.07 Å². The summed E-state index contributed by atoms with van der Waals surface area (Å²) < 4.78 is 32.0. The lowest BCUT2D eigenvalue weighted by molar-refractivity contribution is 0.0693. The van der Waals surface area contributed by atoms with Crippen molar-refractivity contribution in [1.82, 2.24) is 14.5 Å². The molecule has 1 fully saturated rings. The summed E-state index contributed by atoms with van der Waals surface area (Å²) in [7, 11) is 0.653. The van der Waals surface area contributed by atoms with Crippen LogP contribution >= 0.6 is 0 Å². The molecule has 0 aromatic heterocycles. The van der Waals surface area contributed by atoms with Crippen molar-refractivity contribution in [2.45, 2.75) is 23.8 Å². The topological polar surface area (TPSA) is 116 Å². The van der Waals surface area contributed by atoms with Gasteiger partial charge in [-0.15, -0.1) is 0 Å². The van der Waals surface area contributed by atoms with E-state index in [0.29, 0.717) is 19.4 Å². The van der Waals surface area contributed by atoms with Crippen LogP contribution in [0.5, 0.6) is 5.75 Å². The number of aromatic carboxylic acids is 1. The molecule has 1 saturated heterocycles. The van der Waals surface area contributed by atoms with E-state index in [1.807, 2.05) is 0 Å². The number of carboxylic acid groups (broad SMARTS) is 1. The largest absolute Gasteiger partial charge is 0.496 e. The van der Waals surface area contributed by atoms with Crippen LogP contribution in [0.25, 0.3) is 0 Å². The Kier molecular flexibility index (Phi) is 6.09. The molecular formula is C16H23N3O6S. The van der Waals surface area contributed by atoms with Gasteiger partial charge in [0.05, 0.1) is 12.0 Å². The highest BCUT2D eigenvalue weighted by Gasteiger charge is 2.32. The number of methoxy groups -OCH3 is 1. The number of benzene rings is 1. The Morgan fingerprint density at radius 1 is 1.35 bits per heavy atom. The fourth-order valence-electron chi connectivity index (χ4n) is 2.75. The minimum Gasteiger partial charge on any atom is -0.496 e. The van der Waals surface area contributed by atoms with Crippen molar-refractivity contribution < 1.29 is 27.9 Å². The first-order valence-electron chi connectivity index (χ1n) is 8.06. The van der Waals surface area contributed by atoms with Crippen LogP contribution in [0.2, 0.25) is 0 Å². The fraction of sp³-hybridized carbons (Fsp3) is 0.500. The van der Waals surface area contributed by atoms with Crippen LogP contribution in [0, 0.1) is 0 Å². The molecule has 10 heteroatoms. The molecule has 1 aliphatic rings. The maximum atomic E-state index is 12.9. The molecule has 0 spiro atoms. The predicted molar refractivity (Wildman–Crippen MR) is 94.0 cm³/mol. The van der Waals surface area contributed by atoms with E-state index in [-0.39, 0.29) is 34.8 Å². The maximum Gasteiger partial charge on any atom is 0.339 e. The number of carbonyl (C=O) groups is 2. The van der Waals surface area contributed by atoms with Gasteiger partial charge in [0.25, 0.3) is 0 Å². The summed E-state index contributed by atoms with van der Waals surface area (Å²) in [4.78, 5) is 24.4. The summed E-state index contributed by atoms with van der Waals surface area (Å²) in [5.74, 6) is -1.18. The van der Waals surface area contributed by atoms with Crippen molar-refractivity contribution in [1.29, 1.82) is 0 Å². The molecule has 1 aliphatic heterocycles. The molecule has 26 heavy (non-hydrogen) atoms. The Morgan fingerprint density at radius 3 is 2.62 bits per heavy atom. The van der Waals surface area contributed by atoms with Gasteiger partial charge >= 0.3 is 12.0 Å². The number of urea groups is 1. The monoisotopic (exact) mass is 385 g/mol. The molecule has 144 valence electrons. The zero-order chi connectivity index (χ0) is 19.5. The fourth-order valence-corrected chi connectivity index (χ4v) is 4.30. The number of hydrogen-bond acceptors (Lipinski definition) is 5. The number of rotatable bonds is 5. The van der Waals surface area contributed by atoms with Gasteiger partial charge < -0.3 is 20.1 Å². The Balaban J connectivity index is 2.25. The van der Waals surface area contributed by atoms with Gasteiger partial charge in [0, 0.05) is 33.2 Å². The SMILES string of the molecule is COc1ccc(S(=O)(=O)N2CCCC(NC(=O)N(C)C)C2)cc1C(=O)O.